The fourth-order valence-corrected chi connectivity index (χ4v) is 0.598. The van der Waals surface area contributed by atoms with Crippen LogP contribution in [0.5, 0.6) is 0 Å². The minimum atomic E-state index is 0.250. The second kappa shape index (κ2) is 7.53. The lowest BCUT2D eigenvalue weighted by Gasteiger charge is -2.00. The lowest BCUT2D eigenvalue weighted by Crippen LogP contribution is -2.33. The van der Waals surface area contributed by atoms with Crippen LogP contribution in [0.25, 0.3) is 0 Å². The summed E-state index contributed by atoms with van der Waals surface area (Å²) in [6, 6.07) is 3.49. The third-order valence-electron chi connectivity index (χ3n) is 0.889. The highest BCUT2D eigenvalue weighted by Gasteiger charge is 1.94. The first kappa shape index (κ1) is 11.9. The average Bonchev–Trinajstić information content (AvgIpc) is 2.58. The Bertz CT molecular complexity index is 226. The molecule has 0 amide bonds. The van der Waals surface area contributed by atoms with E-state index in [2.05, 4.69) is 10.7 Å². The molecule has 5 nitrogen and oxygen atoms in total. The number of nitrogens with two attached hydrogens (primary N) is 1. The molecule has 0 saturated carbocycles. The van der Waals surface area contributed by atoms with Crippen LogP contribution in [0.3, 0.4) is 0 Å². The summed E-state index contributed by atoms with van der Waals surface area (Å²) in [5.74, 6) is 5.57. The van der Waals surface area contributed by atoms with Crippen molar-refractivity contribution in [2.45, 2.75) is 6.92 Å². The van der Waals surface area contributed by atoms with Crippen molar-refractivity contribution < 1.29 is 9.52 Å². The molecule has 0 aliphatic heterocycles. The number of furan rings is 1. The Balaban J connectivity index is 0.000000424. The quantitative estimate of drug-likeness (QED) is 0.301. The molecule has 1 aromatic heterocycles. The van der Waals surface area contributed by atoms with Gasteiger partial charge in [0.2, 0.25) is 0 Å². The maximum atomic E-state index is 7.57. The van der Waals surface area contributed by atoms with Crippen molar-refractivity contribution in [2.24, 2.45) is 5.84 Å². The number of hydrogen-bond donors (Lipinski definition) is 4. The zero-order valence-electron chi connectivity index (χ0n) is 7.28. The number of aliphatic hydroxyl groups excluding tert-OH is 1. The Morgan fingerprint density at radius 2 is 2.38 bits per heavy atom. The molecule has 0 atom stereocenters. The van der Waals surface area contributed by atoms with Crippen molar-refractivity contribution in [3.05, 3.63) is 18.4 Å². The second-order valence-corrected chi connectivity index (χ2v) is 2.30. The first-order valence-electron chi connectivity index (χ1n) is 3.66. The summed E-state index contributed by atoms with van der Waals surface area (Å²) in [4.78, 5) is 0. The van der Waals surface area contributed by atoms with Gasteiger partial charge in [-0.15, -0.1) is 0 Å². The number of hydrogen-bond acceptors (Lipinski definition) is 4. The minimum Gasteiger partial charge on any atom is -0.449 e. The van der Waals surface area contributed by atoms with Gasteiger partial charge in [0.1, 0.15) is 0 Å². The fraction of sp³-hybridized carbons (Fsp3) is 0.286. The first-order chi connectivity index (χ1) is 6.24. The van der Waals surface area contributed by atoms with Crippen molar-refractivity contribution in [1.29, 1.82) is 0 Å². The van der Waals surface area contributed by atoms with Crippen molar-refractivity contribution >= 4 is 23.2 Å². The van der Waals surface area contributed by atoms with Gasteiger partial charge in [0, 0.05) is 12.7 Å². The minimum absolute atomic E-state index is 0.250. The lowest BCUT2D eigenvalue weighted by molar-refractivity contribution is 0.318. The summed E-state index contributed by atoms with van der Waals surface area (Å²) in [6.07, 6.45) is 1.54. The number of hydrazine groups is 1. The molecule has 0 aliphatic carbocycles. The molecule has 1 heterocycles. The molecule has 0 saturated heterocycles. The zero-order valence-corrected chi connectivity index (χ0v) is 8.10. The number of anilines is 1. The molecule has 0 bridgehead atoms. The van der Waals surface area contributed by atoms with E-state index in [1.165, 1.54) is 0 Å². The summed E-state index contributed by atoms with van der Waals surface area (Å²) < 4.78 is 4.91. The number of rotatable bonds is 1. The van der Waals surface area contributed by atoms with Crippen LogP contribution in [0.1, 0.15) is 6.92 Å². The highest BCUT2D eigenvalue weighted by atomic mass is 32.1. The van der Waals surface area contributed by atoms with Gasteiger partial charge < -0.3 is 20.3 Å². The number of nitrogens with one attached hydrogen (secondary N) is 2. The predicted molar refractivity (Wildman–Crippen MR) is 55.0 cm³/mol. The molecule has 0 spiro atoms. The molecule has 1 aromatic rings. The van der Waals surface area contributed by atoms with E-state index in [-0.39, 0.29) is 6.61 Å². The van der Waals surface area contributed by atoms with Crippen molar-refractivity contribution in [3.8, 4) is 0 Å². The molecule has 6 heteroatoms. The van der Waals surface area contributed by atoms with Crippen LogP contribution in [0.4, 0.5) is 5.88 Å². The van der Waals surface area contributed by atoms with Crippen molar-refractivity contribution in [2.75, 3.05) is 11.9 Å². The van der Waals surface area contributed by atoms with E-state index in [0.29, 0.717) is 11.0 Å². The molecule has 0 aromatic carbocycles. The van der Waals surface area contributed by atoms with Crippen LogP contribution in [0.15, 0.2) is 22.8 Å². The first-order valence-corrected chi connectivity index (χ1v) is 4.07. The molecule has 0 radical (unpaired) electrons. The van der Waals surface area contributed by atoms with Gasteiger partial charge in [-0.1, -0.05) is 0 Å². The van der Waals surface area contributed by atoms with Gasteiger partial charge in [-0.25, -0.2) is 5.84 Å². The van der Waals surface area contributed by atoms with Crippen LogP contribution in [0.2, 0.25) is 0 Å². The maximum Gasteiger partial charge on any atom is 0.198 e. The molecule has 0 unspecified atom stereocenters. The van der Waals surface area contributed by atoms with Crippen LogP contribution in [-0.2, 0) is 0 Å². The highest BCUT2D eigenvalue weighted by Crippen LogP contribution is 2.05. The van der Waals surface area contributed by atoms with E-state index < -0.39 is 0 Å². The highest BCUT2D eigenvalue weighted by molar-refractivity contribution is 7.80. The van der Waals surface area contributed by atoms with Gasteiger partial charge in [0.25, 0.3) is 0 Å². The third-order valence-corrected chi connectivity index (χ3v) is 1.11. The number of aliphatic hydroxyl groups is 1. The summed E-state index contributed by atoms with van der Waals surface area (Å²) in [5, 5.41) is 10.6. The Morgan fingerprint density at radius 3 is 2.77 bits per heavy atom. The summed E-state index contributed by atoms with van der Waals surface area (Å²) in [7, 11) is 0. The van der Waals surface area contributed by atoms with Crippen LogP contribution >= 0.6 is 12.2 Å². The molecule has 0 fully saturated rings. The molecule has 74 valence electrons. The monoisotopic (exact) mass is 203 g/mol. The van der Waals surface area contributed by atoms with E-state index in [1.54, 1.807) is 25.3 Å². The van der Waals surface area contributed by atoms with Crippen LogP contribution < -0.4 is 16.6 Å². The Labute approximate surface area is 81.9 Å². The molecule has 0 aliphatic rings. The zero-order chi connectivity index (χ0) is 10.1. The molecular formula is C7H13N3O2S. The number of thiocarbonyl (C=S) groups is 1. The van der Waals surface area contributed by atoms with E-state index in [9.17, 15) is 0 Å². The van der Waals surface area contributed by atoms with Gasteiger partial charge in [-0.3, -0.25) is 0 Å². The van der Waals surface area contributed by atoms with Gasteiger partial charge >= 0.3 is 0 Å². The Hall–Kier alpha value is -1.11. The standard InChI is InChI=1S/C5H7N3OS.C2H6O/c6-8-5(10)7-4-2-1-3-9-4;1-2-3/h1-3H,6H2,(H2,7,8,10);3H,2H2,1H3. The van der Waals surface area contributed by atoms with E-state index in [1.807, 2.05) is 0 Å². The van der Waals surface area contributed by atoms with E-state index in [4.69, 9.17) is 27.6 Å². The van der Waals surface area contributed by atoms with Gasteiger partial charge in [0.15, 0.2) is 11.0 Å². The Kier molecular flexibility index (Phi) is 6.89. The summed E-state index contributed by atoms with van der Waals surface area (Å²) in [6.45, 7) is 1.93. The maximum absolute atomic E-state index is 7.57. The lowest BCUT2D eigenvalue weighted by atomic mass is 10.6. The van der Waals surface area contributed by atoms with Gasteiger partial charge in [-0.2, -0.15) is 0 Å². The average molecular weight is 203 g/mol. The predicted octanol–water partition coefficient (Wildman–Crippen LogP) is 0.438. The SMILES string of the molecule is CCO.NNC(=S)Nc1ccco1. The third kappa shape index (κ3) is 6.09. The van der Waals surface area contributed by atoms with Crippen LogP contribution in [0, 0.1) is 0 Å². The van der Waals surface area contributed by atoms with E-state index >= 15 is 0 Å². The summed E-state index contributed by atoms with van der Waals surface area (Å²) in [5.41, 5.74) is 2.26. The van der Waals surface area contributed by atoms with Crippen molar-refractivity contribution in [1.82, 2.24) is 5.43 Å². The fourth-order valence-electron chi connectivity index (χ4n) is 0.498. The molecule has 1 rings (SSSR count). The smallest absolute Gasteiger partial charge is 0.198 e. The second-order valence-electron chi connectivity index (χ2n) is 1.89. The Morgan fingerprint density at radius 1 is 1.77 bits per heavy atom. The normalized spacial score (nSPS) is 8.23. The molecular weight excluding hydrogens is 190 g/mol. The summed E-state index contributed by atoms with van der Waals surface area (Å²) >= 11 is 4.70. The topological polar surface area (TPSA) is 83.5 Å². The largest absolute Gasteiger partial charge is 0.449 e. The molecule has 13 heavy (non-hydrogen) atoms. The van der Waals surface area contributed by atoms with Crippen LogP contribution in [-0.4, -0.2) is 16.8 Å². The van der Waals surface area contributed by atoms with Gasteiger partial charge in [0.05, 0.1) is 6.26 Å². The van der Waals surface area contributed by atoms with Gasteiger partial charge in [-0.05, 0) is 25.2 Å². The van der Waals surface area contributed by atoms with E-state index in [0.717, 1.165) is 0 Å². The molecule has 5 N–H and O–H groups in total. The van der Waals surface area contributed by atoms with Crippen molar-refractivity contribution in [3.63, 3.8) is 0 Å².